The molecule has 3 rings (SSSR count). The lowest BCUT2D eigenvalue weighted by Gasteiger charge is -2.29. The zero-order valence-electron chi connectivity index (χ0n) is 18.0. The third-order valence-electron chi connectivity index (χ3n) is 5.01. The van der Waals surface area contributed by atoms with E-state index >= 15 is 0 Å². The molecule has 6 heteroatoms. The fourth-order valence-corrected chi connectivity index (χ4v) is 3.35. The summed E-state index contributed by atoms with van der Waals surface area (Å²) in [6.07, 6.45) is 3.38. The summed E-state index contributed by atoms with van der Waals surface area (Å²) in [6.45, 7) is 6.40. The quantitative estimate of drug-likeness (QED) is 0.623. The highest BCUT2D eigenvalue weighted by molar-refractivity contribution is 5.91. The van der Waals surface area contributed by atoms with Crippen molar-refractivity contribution in [2.24, 2.45) is 0 Å². The second-order valence-electron chi connectivity index (χ2n) is 7.14. The molecule has 1 amide bonds. The van der Waals surface area contributed by atoms with E-state index in [1.165, 1.54) is 5.69 Å². The number of carbonyl (C=O) groups excluding carboxylic acids is 1. The second kappa shape index (κ2) is 10.7. The number of ether oxygens (including phenoxy) is 3. The maximum atomic E-state index is 12.5. The zero-order valence-corrected chi connectivity index (χ0v) is 18.0. The first-order valence-electron chi connectivity index (χ1n) is 10.3. The number of morpholine rings is 1. The number of carbonyl (C=O) groups is 1. The molecule has 0 radical (unpaired) electrons. The third-order valence-corrected chi connectivity index (χ3v) is 5.01. The molecule has 1 fully saturated rings. The van der Waals surface area contributed by atoms with Crippen molar-refractivity contribution in [3.05, 3.63) is 59.7 Å². The number of likely N-dealkylation sites (N-methyl/N-ethyl adjacent to an activating group) is 1. The van der Waals surface area contributed by atoms with Crippen molar-refractivity contribution >= 4 is 17.7 Å². The van der Waals surface area contributed by atoms with Crippen LogP contribution in [0.1, 0.15) is 18.1 Å². The van der Waals surface area contributed by atoms with Crippen LogP contribution in [0.4, 0.5) is 5.69 Å². The summed E-state index contributed by atoms with van der Waals surface area (Å²) in [5, 5.41) is 0. The van der Waals surface area contributed by atoms with Crippen molar-refractivity contribution in [3.8, 4) is 11.5 Å². The number of hydrogen-bond acceptors (Lipinski definition) is 5. The van der Waals surface area contributed by atoms with Crippen molar-refractivity contribution in [1.29, 1.82) is 0 Å². The van der Waals surface area contributed by atoms with Gasteiger partial charge < -0.3 is 24.0 Å². The summed E-state index contributed by atoms with van der Waals surface area (Å²) in [4.78, 5) is 16.5. The number of rotatable bonds is 8. The van der Waals surface area contributed by atoms with Crippen LogP contribution < -0.4 is 14.4 Å². The number of methoxy groups -OCH3 is 1. The fraction of sp³-hybridized carbons (Fsp3) is 0.375. The molecule has 0 unspecified atom stereocenters. The molecule has 1 aliphatic heterocycles. The predicted molar refractivity (Wildman–Crippen MR) is 119 cm³/mol. The Bertz CT molecular complexity index is 858. The van der Waals surface area contributed by atoms with E-state index in [1.807, 2.05) is 32.2 Å². The van der Waals surface area contributed by atoms with E-state index in [1.54, 1.807) is 24.2 Å². The highest BCUT2D eigenvalue weighted by atomic mass is 16.5. The van der Waals surface area contributed by atoms with Crippen molar-refractivity contribution in [3.63, 3.8) is 0 Å². The molecule has 2 aromatic rings. The summed E-state index contributed by atoms with van der Waals surface area (Å²) >= 11 is 0. The molecule has 6 nitrogen and oxygen atoms in total. The lowest BCUT2D eigenvalue weighted by molar-refractivity contribution is -0.125. The number of anilines is 1. The maximum absolute atomic E-state index is 12.5. The predicted octanol–water partition coefficient (Wildman–Crippen LogP) is 3.60. The Kier molecular flexibility index (Phi) is 7.74. The molecule has 0 spiro atoms. The van der Waals surface area contributed by atoms with Gasteiger partial charge in [0.2, 0.25) is 5.91 Å². The van der Waals surface area contributed by atoms with Crippen LogP contribution in [0.3, 0.4) is 0 Å². The van der Waals surface area contributed by atoms with Crippen LogP contribution in [0.5, 0.6) is 11.5 Å². The molecule has 0 aromatic heterocycles. The van der Waals surface area contributed by atoms with Crippen LogP contribution in [0.25, 0.3) is 6.08 Å². The van der Waals surface area contributed by atoms with Gasteiger partial charge in [0.05, 0.1) is 26.9 Å². The molecule has 0 saturated carbocycles. The lowest BCUT2D eigenvalue weighted by Crippen LogP contribution is -2.36. The van der Waals surface area contributed by atoms with E-state index in [2.05, 4.69) is 29.2 Å². The molecule has 0 aliphatic carbocycles. The number of hydrogen-bond donors (Lipinski definition) is 0. The first-order chi connectivity index (χ1) is 14.6. The maximum Gasteiger partial charge on any atom is 0.246 e. The first-order valence-corrected chi connectivity index (χ1v) is 10.3. The van der Waals surface area contributed by atoms with Gasteiger partial charge in [-0.05, 0) is 48.4 Å². The first kappa shape index (κ1) is 21.7. The molecule has 2 aromatic carbocycles. The Hall–Kier alpha value is -2.99. The van der Waals surface area contributed by atoms with Crippen LogP contribution in [-0.2, 0) is 16.1 Å². The molecule has 0 atom stereocenters. The zero-order chi connectivity index (χ0) is 21.3. The van der Waals surface area contributed by atoms with Crippen LogP contribution in [0.15, 0.2) is 48.5 Å². The van der Waals surface area contributed by atoms with Gasteiger partial charge in [-0.1, -0.05) is 18.2 Å². The van der Waals surface area contributed by atoms with E-state index in [0.717, 1.165) is 37.4 Å². The summed E-state index contributed by atoms with van der Waals surface area (Å²) in [7, 11) is 3.42. The lowest BCUT2D eigenvalue weighted by atomic mass is 10.1. The SMILES string of the molecule is CCOc1cc(C=CC(=O)N(C)Cc2ccc(N3CCOCC3)cc2)ccc1OC. The van der Waals surface area contributed by atoms with Gasteiger partial charge in [0.25, 0.3) is 0 Å². The molecule has 0 bridgehead atoms. The van der Waals surface area contributed by atoms with E-state index in [4.69, 9.17) is 14.2 Å². The minimum absolute atomic E-state index is 0.0546. The van der Waals surface area contributed by atoms with Crippen molar-refractivity contribution in [1.82, 2.24) is 4.90 Å². The van der Waals surface area contributed by atoms with E-state index < -0.39 is 0 Å². The average molecular weight is 411 g/mol. The highest BCUT2D eigenvalue weighted by Gasteiger charge is 2.12. The van der Waals surface area contributed by atoms with Crippen molar-refractivity contribution < 1.29 is 19.0 Å². The summed E-state index contributed by atoms with van der Waals surface area (Å²) in [6, 6.07) is 14.0. The normalized spacial score (nSPS) is 14.0. The molecule has 1 aliphatic rings. The minimum atomic E-state index is -0.0546. The Labute approximate surface area is 178 Å². The van der Waals surface area contributed by atoms with Crippen LogP contribution in [0.2, 0.25) is 0 Å². The standard InChI is InChI=1S/C24H30N2O4/c1-4-30-23-17-19(7-11-22(23)28-3)8-12-24(27)25(2)18-20-5-9-21(10-6-20)26-13-15-29-16-14-26/h5-12,17H,4,13-16,18H2,1-3H3. The van der Waals surface area contributed by atoms with E-state index in [-0.39, 0.29) is 5.91 Å². The number of benzene rings is 2. The van der Waals surface area contributed by atoms with Crippen LogP contribution in [0, 0.1) is 0 Å². The number of amides is 1. The van der Waals surface area contributed by atoms with Gasteiger partial charge >= 0.3 is 0 Å². The van der Waals surface area contributed by atoms with Crippen LogP contribution in [-0.4, -0.2) is 57.9 Å². The Balaban J connectivity index is 1.58. The average Bonchev–Trinajstić information content (AvgIpc) is 2.79. The van der Waals surface area contributed by atoms with Gasteiger partial charge in [0, 0.05) is 38.4 Å². The topological polar surface area (TPSA) is 51.2 Å². The number of nitrogens with zero attached hydrogens (tertiary/aromatic N) is 2. The van der Waals surface area contributed by atoms with Gasteiger partial charge in [-0.25, -0.2) is 0 Å². The van der Waals surface area contributed by atoms with E-state index in [0.29, 0.717) is 24.7 Å². The summed E-state index contributed by atoms with van der Waals surface area (Å²) < 4.78 is 16.3. The Morgan fingerprint density at radius 3 is 2.53 bits per heavy atom. The Morgan fingerprint density at radius 1 is 1.13 bits per heavy atom. The molecular weight excluding hydrogens is 380 g/mol. The van der Waals surface area contributed by atoms with Crippen molar-refractivity contribution in [2.45, 2.75) is 13.5 Å². The van der Waals surface area contributed by atoms with Gasteiger partial charge in [-0.3, -0.25) is 4.79 Å². The van der Waals surface area contributed by atoms with E-state index in [9.17, 15) is 4.79 Å². The Morgan fingerprint density at radius 2 is 1.87 bits per heavy atom. The molecular formula is C24H30N2O4. The smallest absolute Gasteiger partial charge is 0.246 e. The van der Waals surface area contributed by atoms with Crippen molar-refractivity contribution in [2.75, 3.05) is 52.0 Å². The van der Waals surface area contributed by atoms with Gasteiger partial charge in [-0.2, -0.15) is 0 Å². The second-order valence-corrected chi connectivity index (χ2v) is 7.14. The summed E-state index contributed by atoms with van der Waals surface area (Å²) in [5.41, 5.74) is 3.18. The molecule has 1 saturated heterocycles. The molecule has 30 heavy (non-hydrogen) atoms. The van der Waals surface area contributed by atoms with Gasteiger partial charge in [0.15, 0.2) is 11.5 Å². The largest absolute Gasteiger partial charge is 0.493 e. The monoisotopic (exact) mass is 410 g/mol. The highest BCUT2D eigenvalue weighted by Crippen LogP contribution is 2.28. The molecule has 0 N–H and O–H groups in total. The fourth-order valence-electron chi connectivity index (χ4n) is 3.35. The van der Waals surface area contributed by atoms with Gasteiger partial charge in [0.1, 0.15) is 0 Å². The molecule has 1 heterocycles. The minimum Gasteiger partial charge on any atom is -0.493 e. The molecule has 160 valence electrons. The summed E-state index contributed by atoms with van der Waals surface area (Å²) in [5.74, 6) is 1.29. The van der Waals surface area contributed by atoms with Gasteiger partial charge in [-0.15, -0.1) is 0 Å². The van der Waals surface area contributed by atoms with Crippen LogP contribution >= 0.6 is 0 Å². The third kappa shape index (κ3) is 5.76.